The zero-order valence-corrected chi connectivity index (χ0v) is 19.3. The molecule has 1 aliphatic rings. The van der Waals surface area contributed by atoms with Gasteiger partial charge in [0.2, 0.25) is 0 Å². The Labute approximate surface area is 201 Å². The molecule has 10 heteroatoms. The fourth-order valence-corrected chi connectivity index (χ4v) is 5.10. The predicted molar refractivity (Wildman–Crippen MR) is 130 cm³/mol. The number of nitrogens with zero attached hydrogens (tertiary/aromatic N) is 3. The summed E-state index contributed by atoms with van der Waals surface area (Å²) >= 11 is 0. The molecule has 176 valence electrons. The van der Waals surface area contributed by atoms with Crippen molar-refractivity contribution in [1.29, 1.82) is 0 Å². The highest BCUT2D eigenvalue weighted by Gasteiger charge is 2.32. The molecular formula is C25H21N5O4S. The molecule has 35 heavy (non-hydrogen) atoms. The van der Waals surface area contributed by atoms with Crippen LogP contribution in [0.2, 0.25) is 0 Å². The maximum absolute atomic E-state index is 13.0. The molecule has 0 unspecified atom stereocenters. The normalized spacial score (nSPS) is 13.8. The molecule has 5 rings (SSSR count). The lowest BCUT2D eigenvalue weighted by Crippen LogP contribution is -2.61. The zero-order chi connectivity index (χ0) is 24.4. The fourth-order valence-electron chi connectivity index (χ4n) is 3.86. The summed E-state index contributed by atoms with van der Waals surface area (Å²) in [5.74, 6) is -0.471. The van der Waals surface area contributed by atoms with Gasteiger partial charge in [-0.2, -0.15) is 0 Å². The summed E-state index contributed by atoms with van der Waals surface area (Å²) in [5, 5.41) is 3.58. The second-order valence-electron chi connectivity index (χ2n) is 8.11. The van der Waals surface area contributed by atoms with Crippen molar-refractivity contribution in [3.8, 4) is 0 Å². The van der Waals surface area contributed by atoms with E-state index < -0.39 is 10.0 Å². The maximum Gasteiger partial charge on any atom is 0.270 e. The zero-order valence-electron chi connectivity index (χ0n) is 18.5. The third-order valence-corrected chi connectivity index (χ3v) is 7.08. The van der Waals surface area contributed by atoms with Gasteiger partial charge < -0.3 is 10.2 Å². The largest absolute Gasteiger partial charge is 0.344 e. The van der Waals surface area contributed by atoms with Gasteiger partial charge >= 0.3 is 0 Å². The van der Waals surface area contributed by atoms with Crippen LogP contribution in [0, 0.1) is 0 Å². The molecule has 0 saturated carbocycles. The van der Waals surface area contributed by atoms with Gasteiger partial charge in [0.05, 0.1) is 11.6 Å². The van der Waals surface area contributed by atoms with E-state index in [1.165, 1.54) is 6.07 Å². The van der Waals surface area contributed by atoms with Crippen LogP contribution in [0.3, 0.4) is 0 Å². The number of hydrogen-bond acceptors (Lipinski definition) is 6. The molecule has 0 bridgehead atoms. The molecular weight excluding hydrogens is 466 g/mol. The SMILES string of the molecule is O=C(NC1CN(C(=O)c2ccc(NS(=O)(=O)c3cccc4cccnc34)cc2)C1)c1ccccn1. The molecule has 1 fully saturated rings. The van der Waals surface area contributed by atoms with E-state index in [1.807, 2.05) is 0 Å². The number of nitrogens with one attached hydrogen (secondary N) is 2. The van der Waals surface area contributed by atoms with E-state index in [9.17, 15) is 18.0 Å². The van der Waals surface area contributed by atoms with Crippen molar-refractivity contribution < 1.29 is 18.0 Å². The van der Waals surface area contributed by atoms with Crippen molar-refractivity contribution in [3.63, 3.8) is 0 Å². The van der Waals surface area contributed by atoms with Gasteiger partial charge in [0.1, 0.15) is 10.6 Å². The highest BCUT2D eigenvalue weighted by Crippen LogP contribution is 2.24. The van der Waals surface area contributed by atoms with Crippen LogP contribution in [-0.4, -0.2) is 54.2 Å². The number of pyridine rings is 2. The van der Waals surface area contributed by atoms with Crippen LogP contribution in [0.25, 0.3) is 10.9 Å². The number of amides is 2. The topological polar surface area (TPSA) is 121 Å². The monoisotopic (exact) mass is 487 g/mol. The van der Waals surface area contributed by atoms with Crippen LogP contribution in [0.15, 0.2) is 90.1 Å². The second-order valence-corrected chi connectivity index (χ2v) is 9.76. The van der Waals surface area contributed by atoms with Crippen LogP contribution in [0.4, 0.5) is 5.69 Å². The minimum atomic E-state index is -3.88. The Morgan fingerprint density at radius 3 is 2.34 bits per heavy atom. The van der Waals surface area contributed by atoms with Crippen molar-refractivity contribution in [1.82, 2.24) is 20.2 Å². The molecule has 2 N–H and O–H groups in total. The third kappa shape index (κ3) is 4.69. The molecule has 2 aromatic heterocycles. The van der Waals surface area contributed by atoms with Crippen molar-refractivity contribution >= 4 is 38.4 Å². The molecule has 2 amide bonds. The Hall–Kier alpha value is -4.31. The van der Waals surface area contributed by atoms with E-state index in [4.69, 9.17) is 0 Å². The number of carbonyl (C=O) groups is 2. The van der Waals surface area contributed by atoms with Gasteiger partial charge in [0, 0.05) is 42.1 Å². The summed E-state index contributed by atoms with van der Waals surface area (Å²) in [6, 6.07) is 19.7. The first-order valence-electron chi connectivity index (χ1n) is 10.9. The maximum atomic E-state index is 13.0. The van der Waals surface area contributed by atoms with Crippen molar-refractivity contribution in [2.45, 2.75) is 10.9 Å². The number of likely N-dealkylation sites (tertiary alicyclic amines) is 1. The molecule has 4 aromatic rings. The molecule has 0 atom stereocenters. The number of carbonyl (C=O) groups excluding carboxylic acids is 2. The van der Waals surface area contributed by atoms with Crippen molar-refractivity contribution in [2.24, 2.45) is 0 Å². The number of hydrogen-bond donors (Lipinski definition) is 2. The van der Waals surface area contributed by atoms with Gasteiger partial charge in [-0.3, -0.25) is 24.3 Å². The number of rotatable bonds is 6. The van der Waals surface area contributed by atoms with Gasteiger partial charge in [-0.25, -0.2) is 8.42 Å². The molecule has 1 saturated heterocycles. The molecule has 0 spiro atoms. The third-order valence-electron chi connectivity index (χ3n) is 5.67. The summed E-state index contributed by atoms with van der Waals surface area (Å²) in [5.41, 5.74) is 1.47. The summed E-state index contributed by atoms with van der Waals surface area (Å²) in [7, 11) is -3.88. The Kier molecular flexibility index (Phi) is 5.87. The molecule has 3 heterocycles. The first kappa shape index (κ1) is 22.5. The Morgan fingerprint density at radius 1 is 0.857 bits per heavy atom. The Balaban J connectivity index is 1.21. The van der Waals surface area contributed by atoms with Gasteiger partial charge in [0.25, 0.3) is 21.8 Å². The van der Waals surface area contributed by atoms with Crippen LogP contribution < -0.4 is 10.0 Å². The highest BCUT2D eigenvalue weighted by atomic mass is 32.2. The average molecular weight is 488 g/mol. The predicted octanol–water partition coefficient (Wildman–Crippen LogP) is 2.69. The van der Waals surface area contributed by atoms with Crippen molar-refractivity contribution in [3.05, 3.63) is 96.4 Å². The van der Waals surface area contributed by atoms with Crippen LogP contribution >= 0.6 is 0 Å². The lowest BCUT2D eigenvalue weighted by atomic mass is 10.1. The van der Waals surface area contributed by atoms with Crippen LogP contribution in [-0.2, 0) is 10.0 Å². The average Bonchev–Trinajstić information content (AvgIpc) is 2.86. The highest BCUT2D eigenvalue weighted by molar-refractivity contribution is 7.93. The standard InChI is InChI=1S/C25H21N5O4S/c31-24(21-7-1-2-13-26-21)28-20-15-30(16-20)25(32)18-9-11-19(12-10-18)29-35(33,34)22-8-3-5-17-6-4-14-27-23(17)22/h1-14,20,29H,15-16H2,(H,28,31). The number of fused-ring (bicyclic) bond motifs is 1. The minimum Gasteiger partial charge on any atom is -0.344 e. The fraction of sp³-hybridized carbons (Fsp3) is 0.120. The lowest BCUT2D eigenvalue weighted by Gasteiger charge is -2.39. The second kappa shape index (κ2) is 9.15. The van der Waals surface area contributed by atoms with E-state index in [0.29, 0.717) is 35.6 Å². The van der Waals surface area contributed by atoms with E-state index >= 15 is 0 Å². The summed E-state index contributed by atoms with van der Waals surface area (Å²) in [6.07, 6.45) is 3.10. The van der Waals surface area contributed by atoms with Crippen LogP contribution in [0.1, 0.15) is 20.8 Å². The van der Waals surface area contributed by atoms with Gasteiger partial charge in [-0.05, 0) is 48.5 Å². The summed E-state index contributed by atoms with van der Waals surface area (Å²) in [4.78, 5) is 34.8. The van der Waals surface area contributed by atoms with E-state index in [2.05, 4.69) is 20.0 Å². The van der Waals surface area contributed by atoms with E-state index in [-0.39, 0.29) is 22.8 Å². The van der Waals surface area contributed by atoms with E-state index in [1.54, 1.807) is 84.0 Å². The Morgan fingerprint density at radius 2 is 1.60 bits per heavy atom. The van der Waals surface area contributed by atoms with E-state index in [0.717, 1.165) is 5.39 Å². The first-order valence-corrected chi connectivity index (χ1v) is 12.4. The molecule has 2 aromatic carbocycles. The minimum absolute atomic E-state index is 0.0788. The van der Waals surface area contributed by atoms with Crippen LogP contribution in [0.5, 0.6) is 0 Å². The molecule has 0 aliphatic carbocycles. The number of para-hydroxylation sites is 1. The van der Waals surface area contributed by atoms with Crippen molar-refractivity contribution in [2.75, 3.05) is 17.8 Å². The van der Waals surface area contributed by atoms with Gasteiger partial charge in [0.15, 0.2) is 0 Å². The molecule has 1 aliphatic heterocycles. The number of anilines is 1. The smallest absolute Gasteiger partial charge is 0.270 e. The lowest BCUT2D eigenvalue weighted by molar-refractivity contribution is 0.0542. The molecule has 0 radical (unpaired) electrons. The number of aromatic nitrogens is 2. The number of sulfonamides is 1. The summed E-state index contributed by atoms with van der Waals surface area (Å²) in [6.45, 7) is 0.778. The number of benzene rings is 2. The van der Waals surface area contributed by atoms with Gasteiger partial charge in [-0.1, -0.05) is 24.3 Å². The first-order chi connectivity index (χ1) is 16.9. The Bertz CT molecular complexity index is 1500. The quantitative estimate of drug-likeness (QED) is 0.431. The summed E-state index contributed by atoms with van der Waals surface area (Å²) < 4.78 is 28.5. The molecule has 9 nitrogen and oxygen atoms in total. The van der Waals surface area contributed by atoms with Gasteiger partial charge in [-0.15, -0.1) is 0 Å².